The van der Waals surface area contributed by atoms with Crippen LogP contribution in [-0.4, -0.2) is 25.1 Å². The van der Waals surface area contributed by atoms with Gasteiger partial charge in [-0.15, -0.1) is 0 Å². The van der Waals surface area contributed by atoms with Crippen molar-refractivity contribution in [2.75, 3.05) is 13.2 Å². The van der Waals surface area contributed by atoms with Gasteiger partial charge in [0, 0.05) is 5.82 Å². The Morgan fingerprint density at radius 3 is 2.13 bits per heavy atom. The number of aliphatic imine (C=N–C) groups is 1. The van der Waals surface area contributed by atoms with Gasteiger partial charge in [-0.1, -0.05) is 17.7 Å². The zero-order chi connectivity index (χ0) is 17.5. The molecular weight excluding hydrogens is 330 g/mol. The van der Waals surface area contributed by atoms with Gasteiger partial charge < -0.3 is 9.05 Å². The molecule has 0 heterocycles. The van der Waals surface area contributed by atoms with E-state index in [2.05, 4.69) is 4.99 Å². The van der Waals surface area contributed by atoms with Gasteiger partial charge in [0.25, 0.3) is 0 Å². The molecule has 0 fully saturated rings. The Labute approximate surface area is 133 Å². The van der Waals surface area contributed by atoms with Crippen molar-refractivity contribution >= 4 is 19.0 Å². The van der Waals surface area contributed by atoms with E-state index in [9.17, 15) is 17.7 Å². The summed E-state index contributed by atoms with van der Waals surface area (Å²) in [5, 5.41) is 0. The summed E-state index contributed by atoms with van der Waals surface area (Å²) in [5.74, 6) is 0.792. The number of rotatable bonds is 7. The highest BCUT2D eigenvalue weighted by molar-refractivity contribution is 7.57. The first kappa shape index (κ1) is 19.6. The molecule has 23 heavy (non-hydrogen) atoms. The molecule has 4 nitrogen and oxygen atoms in total. The van der Waals surface area contributed by atoms with Gasteiger partial charge in [-0.25, -0.2) is 4.99 Å². The molecule has 0 aliphatic heterocycles. The maximum absolute atomic E-state index is 13.1. The van der Waals surface area contributed by atoms with Crippen LogP contribution in [0, 0.1) is 6.92 Å². The fourth-order valence-corrected chi connectivity index (χ4v) is 2.89. The van der Waals surface area contributed by atoms with Crippen molar-refractivity contribution in [3.05, 3.63) is 41.7 Å². The lowest BCUT2D eigenvalue weighted by Gasteiger charge is -2.13. The second kappa shape index (κ2) is 8.43. The van der Waals surface area contributed by atoms with E-state index in [4.69, 9.17) is 9.05 Å². The summed E-state index contributed by atoms with van der Waals surface area (Å²) in [4.78, 5) is 3.57. The van der Waals surface area contributed by atoms with E-state index < -0.39 is 19.5 Å². The van der Waals surface area contributed by atoms with E-state index in [-0.39, 0.29) is 18.9 Å². The maximum atomic E-state index is 13.1. The normalized spacial score (nSPS) is 13.7. The Bertz CT molecular complexity index is 599. The zero-order valence-corrected chi connectivity index (χ0v) is 14.0. The number of aryl methyl sites for hydroxylation is 1. The number of nitrogens with zero attached hydrogens (tertiary/aromatic N) is 1. The second-order valence-electron chi connectivity index (χ2n) is 4.52. The Kier molecular flexibility index (Phi) is 7.19. The van der Waals surface area contributed by atoms with E-state index >= 15 is 0 Å². The average molecular weight is 349 g/mol. The molecule has 8 heteroatoms. The molecule has 0 bridgehead atoms. The van der Waals surface area contributed by atoms with Crippen molar-refractivity contribution in [1.29, 1.82) is 0 Å². The minimum absolute atomic E-state index is 0.0536. The summed E-state index contributed by atoms with van der Waals surface area (Å²) in [5.41, 5.74) is -0.124. The first-order valence-corrected chi connectivity index (χ1v) is 8.62. The van der Waals surface area contributed by atoms with Crippen LogP contribution in [0.5, 0.6) is 0 Å². The van der Waals surface area contributed by atoms with E-state index in [0.29, 0.717) is 6.08 Å². The van der Waals surface area contributed by atoms with Crippen LogP contribution in [0.15, 0.2) is 41.2 Å². The molecule has 1 aromatic carbocycles. The number of halogens is 3. The molecule has 0 radical (unpaired) electrons. The van der Waals surface area contributed by atoms with Crippen LogP contribution >= 0.6 is 7.60 Å². The number of allylic oxidation sites excluding steroid dienone is 1. The third-order valence-corrected chi connectivity index (χ3v) is 4.36. The second-order valence-corrected chi connectivity index (χ2v) is 6.42. The summed E-state index contributed by atoms with van der Waals surface area (Å²) < 4.78 is 61.3. The van der Waals surface area contributed by atoms with E-state index in [1.165, 1.54) is 12.1 Å². The molecule has 0 atom stereocenters. The molecule has 128 valence electrons. The lowest BCUT2D eigenvalue weighted by Crippen LogP contribution is -2.20. The summed E-state index contributed by atoms with van der Waals surface area (Å²) in [6.45, 7) is 5.07. The van der Waals surface area contributed by atoms with Crippen LogP contribution in [0.4, 0.5) is 18.9 Å². The molecule has 0 amide bonds. The largest absolute Gasteiger partial charge is 0.433 e. The lowest BCUT2D eigenvalue weighted by atomic mass is 10.2. The van der Waals surface area contributed by atoms with Crippen molar-refractivity contribution in [3.63, 3.8) is 0 Å². The van der Waals surface area contributed by atoms with Crippen LogP contribution in [-0.2, 0) is 13.6 Å². The highest BCUT2D eigenvalue weighted by atomic mass is 31.2. The van der Waals surface area contributed by atoms with Crippen LogP contribution in [0.25, 0.3) is 0 Å². The van der Waals surface area contributed by atoms with Gasteiger partial charge in [0.2, 0.25) is 0 Å². The third-order valence-electron chi connectivity index (χ3n) is 2.61. The standard InChI is InChI=1S/C15H19F3NO3P/c1-4-21-23(20,22-5-2)11-10-14(15(16,17)18)19-13-8-6-12(3)7-9-13/h6-11H,4-5H2,1-3H3/b11-10+,19-14?. The molecule has 0 aliphatic carbocycles. The fourth-order valence-electron chi connectivity index (χ4n) is 1.60. The Morgan fingerprint density at radius 2 is 1.70 bits per heavy atom. The first-order chi connectivity index (χ1) is 10.7. The van der Waals surface area contributed by atoms with Crippen molar-refractivity contribution in [2.45, 2.75) is 26.9 Å². The van der Waals surface area contributed by atoms with Gasteiger partial charge in [0.1, 0.15) is 5.71 Å². The lowest BCUT2D eigenvalue weighted by molar-refractivity contribution is -0.0576. The molecule has 0 aliphatic rings. The number of alkyl halides is 3. The summed E-state index contributed by atoms with van der Waals surface area (Å²) in [6, 6.07) is 6.25. The third kappa shape index (κ3) is 6.69. The monoisotopic (exact) mass is 349 g/mol. The van der Waals surface area contributed by atoms with E-state index in [0.717, 1.165) is 11.4 Å². The Hall–Kier alpha value is -1.43. The summed E-state index contributed by atoms with van der Waals surface area (Å²) in [7, 11) is -3.72. The quantitative estimate of drug-likeness (QED) is 0.488. The van der Waals surface area contributed by atoms with Crippen LogP contribution in [0.3, 0.4) is 0 Å². The van der Waals surface area contributed by atoms with Crippen molar-refractivity contribution in [2.24, 2.45) is 4.99 Å². The highest BCUT2D eigenvalue weighted by Crippen LogP contribution is 2.49. The molecule has 1 rings (SSSR count). The first-order valence-electron chi connectivity index (χ1n) is 7.01. The van der Waals surface area contributed by atoms with Gasteiger partial charge in [0.05, 0.1) is 18.9 Å². The zero-order valence-electron chi connectivity index (χ0n) is 13.1. The molecule has 0 unspecified atom stereocenters. The predicted molar refractivity (Wildman–Crippen MR) is 84.3 cm³/mol. The number of hydrogen-bond acceptors (Lipinski definition) is 4. The SMILES string of the molecule is CCOP(=O)(/C=C/C(=Nc1ccc(C)cc1)C(F)(F)F)OCC. The molecular formula is C15H19F3NO3P. The molecule has 0 spiro atoms. The van der Waals surface area contributed by atoms with E-state index in [1.807, 2.05) is 6.92 Å². The van der Waals surface area contributed by atoms with Crippen LogP contribution in [0.1, 0.15) is 19.4 Å². The van der Waals surface area contributed by atoms with Crippen LogP contribution in [0.2, 0.25) is 0 Å². The van der Waals surface area contributed by atoms with Crippen LogP contribution < -0.4 is 0 Å². The summed E-state index contributed by atoms with van der Waals surface area (Å²) in [6.07, 6.45) is -4.06. The molecule has 0 saturated heterocycles. The van der Waals surface area contributed by atoms with Gasteiger partial charge in [-0.05, 0) is 39.0 Å². The van der Waals surface area contributed by atoms with E-state index in [1.54, 1.807) is 26.0 Å². The van der Waals surface area contributed by atoms with Gasteiger partial charge >= 0.3 is 13.8 Å². The Morgan fingerprint density at radius 1 is 1.17 bits per heavy atom. The molecule has 0 aromatic heterocycles. The minimum Gasteiger partial charge on any atom is -0.306 e. The number of benzene rings is 1. The van der Waals surface area contributed by atoms with Gasteiger partial charge in [-0.2, -0.15) is 13.2 Å². The smallest absolute Gasteiger partial charge is 0.306 e. The van der Waals surface area contributed by atoms with Crippen molar-refractivity contribution < 1.29 is 26.8 Å². The van der Waals surface area contributed by atoms with Gasteiger partial charge in [-0.3, -0.25) is 4.57 Å². The fraction of sp³-hybridized carbons (Fsp3) is 0.400. The number of hydrogen-bond donors (Lipinski definition) is 0. The van der Waals surface area contributed by atoms with Crippen molar-refractivity contribution in [3.8, 4) is 0 Å². The molecule has 1 aromatic rings. The topological polar surface area (TPSA) is 47.9 Å². The summed E-state index contributed by atoms with van der Waals surface area (Å²) >= 11 is 0. The predicted octanol–water partition coefficient (Wildman–Crippen LogP) is 5.41. The molecule has 0 saturated carbocycles. The maximum Gasteiger partial charge on any atom is 0.433 e. The highest BCUT2D eigenvalue weighted by Gasteiger charge is 2.35. The van der Waals surface area contributed by atoms with Crippen molar-refractivity contribution in [1.82, 2.24) is 0 Å². The minimum atomic E-state index is -4.69. The van der Waals surface area contributed by atoms with Gasteiger partial charge in [0.15, 0.2) is 0 Å². The average Bonchev–Trinajstić information content (AvgIpc) is 2.44. The molecule has 0 N–H and O–H groups in total. The Balaban J connectivity index is 3.15.